The van der Waals surface area contributed by atoms with Crippen LogP contribution in [0.2, 0.25) is 0 Å². The predicted octanol–water partition coefficient (Wildman–Crippen LogP) is 2.75. The van der Waals surface area contributed by atoms with Gasteiger partial charge in [-0.2, -0.15) is 0 Å². The number of nitrogens with one attached hydrogen (secondary N) is 1. The number of aliphatic hydroxyl groups is 1. The Morgan fingerprint density at radius 3 is 2.38 bits per heavy atom. The van der Waals surface area contributed by atoms with Crippen molar-refractivity contribution in [3.63, 3.8) is 0 Å². The molecule has 1 heterocycles. The summed E-state index contributed by atoms with van der Waals surface area (Å²) < 4.78 is 10.8. The fourth-order valence-electron chi connectivity index (χ4n) is 2.90. The van der Waals surface area contributed by atoms with E-state index >= 15 is 0 Å². The van der Waals surface area contributed by atoms with Gasteiger partial charge in [0.1, 0.15) is 17.6 Å². The number of methoxy groups -OCH3 is 2. The van der Waals surface area contributed by atoms with E-state index in [-0.39, 0.29) is 0 Å². The third kappa shape index (κ3) is 2.32. The fourth-order valence-corrected chi connectivity index (χ4v) is 2.90. The summed E-state index contributed by atoms with van der Waals surface area (Å²) in [4.78, 5) is 0. The SMILES string of the molecule is COc1cccc(OC)c1C(O)c1cccc2c1NCC2. The Hall–Kier alpha value is -2.20. The highest BCUT2D eigenvalue weighted by Gasteiger charge is 2.25. The molecule has 1 atom stereocenters. The Bertz CT molecular complexity index is 632. The minimum absolute atomic E-state index is 0.623. The average molecular weight is 285 g/mol. The Labute approximate surface area is 124 Å². The molecule has 2 aromatic rings. The molecular weight excluding hydrogens is 266 g/mol. The molecule has 0 saturated heterocycles. The lowest BCUT2D eigenvalue weighted by molar-refractivity contribution is 0.209. The van der Waals surface area contributed by atoms with Crippen LogP contribution in [0.5, 0.6) is 11.5 Å². The summed E-state index contributed by atoms with van der Waals surface area (Å²) in [5.74, 6) is 1.25. The first-order valence-electron chi connectivity index (χ1n) is 7.01. The van der Waals surface area contributed by atoms with Crippen LogP contribution in [0.1, 0.15) is 22.8 Å². The number of benzene rings is 2. The molecule has 0 fully saturated rings. The number of para-hydroxylation sites is 1. The van der Waals surface area contributed by atoms with Gasteiger partial charge in [-0.25, -0.2) is 0 Å². The number of ether oxygens (including phenoxy) is 2. The monoisotopic (exact) mass is 285 g/mol. The highest BCUT2D eigenvalue weighted by atomic mass is 16.5. The van der Waals surface area contributed by atoms with Crippen LogP contribution in [-0.4, -0.2) is 25.9 Å². The second-order valence-electron chi connectivity index (χ2n) is 5.04. The molecule has 4 nitrogen and oxygen atoms in total. The van der Waals surface area contributed by atoms with E-state index in [2.05, 4.69) is 11.4 Å². The fraction of sp³-hybridized carbons (Fsp3) is 0.294. The predicted molar refractivity (Wildman–Crippen MR) is 82.2 cm³/mol. The number of rotatable bonds is 4. The van der Waals surface area contributed by atoms with Crippen LogP contribution in [-0.2, 0) is 6.42 Å². The number of hydrogen-bond acceptors (Lipinski definition) is 4. The van der Waals surface area contributed by atoms with E-state index in [0.717, 1.165) is 24.2 Å². The minimum Gasteiger partial charge on any atom is -0.496 e. The van der Waals surface area contributed by atoms with E-state index in [9.17, 15) is 5.11 Å². The zero-order valence-electron chi connectivity index (χ0n) is 12.2. The van der Waals surface area contributed by atoms with Gasteiger partial charge in [-0.1, -0.05) is 24.3 Å². The van der Waals surface area contributed by atoms with Gasteiger partial charge in [0.25, 0.3) is 0 Å². The lowest BCUT2D eigenvalue weighted by atomic mass is 9.96. The van der Waals surface area contributed by atoms with E-state index in [1.165, 1.54) is 5.56 Å². The van der Waals surface area contributed by atoms with Crippen molar-refractivity contribution in [3.8, 4) is 11.5 Å². The van der Waals surface area contributed by atoms with Crippen molar-refractivity contribution >= 4 is 5.69 Å². The number of fused-ring (bicyclic) bond motifs is 1. The lowest BCUT2D eigenvalue weighted by Crippen LogP contribution is -2.07. The summed E-state index contributed by atoms with van der Waals surface area (Å²) >= 11 is 0. The van der Waals surface area contributed by atoms with Crippen LogP contribution < -0.4 is 14.8 Å². The van der Waals surface area contributed by atoms with Crippen molar-refractivity contribution in [1.82, 2.24) is 0 Å². The molecule has 0 aliphatic carbocycles. The Balaban J connectivity index is 2.11. The van der Waals surface area contributed by atoms with Crippen molar-refractivity contribution in [3.05, 3.63) is 53.1 Å². The molecule has 1 aliphatic rings. The number of hydrogen-bond donors (Lipinski definition) is 2. The van der Waals surface area contributed by atoms with Gasteiger partial charge in [-0.15, -0.1) is 0 Å². The maximum Gasteiger partial charge on any atom is 0.128 e. The first kappa shape index (κ1) is 13.8. The molecule has 21 heavy (non-hydrogen) atoms. The van der Waals surface area contributed by atoms with Gasteiger partial charge in [0, 0.05) is 17.8 Å². The molecule has 0 aromatic heterocycles. The van der Waals surface area contributed by atoms with Crippen LogP contribution in [0.3, 0.4) is 0 Å². The topological polar surface area (TPSA) is 50.7 Å². The van der Waals surface area contributed by atoms with Crippen LogP contribution >= 0.6 is 0 Å². The molecule has 1 unspecified atom stereocenters. The molecule has 0 radical (unpaired) electrons. The van der Waals surface area contributed by atoms with E-state index in [4.69, 9.17) is 9.47 Å². The Kier molecular flexibility index (Phi) is 3.71. The summed E-state index contributed by atoms with van der Waals surface area (Å²) in [7, 11) is 3.19. The normalized spacial score (nSPS) is 14.2. The maximum atomic E-state index is 10.9. The van der Waals surface area contributed by atoms with Gasteiger partial charge < -0.3 is 19.9 Å². The van der Waals surface area contributed by atoms with Gasteiger partial charge in [0.2, 0.25) is 0 Å². The van der Waals surface area contributed by atoms with Crippen molar-refractivity contribution < 1.29 is 14.6 Å². The molecule has 0 amide bonds. The van der Waals surface area contributed by atoms with Crippen LogP contribution in [0.4, 0.5) is 5.69 Å². The summed E-state index contributed by atoms with van der Waals surface area (Å²) in [6.07, 6.45) is 0.190. The minimum atomic E-state index is -0.795. The summed E-state index contributed by atoms with van der Waals surface area (Å²) in [6, 6.07) is 11.5. The van der Waals surface area contributed by atoms with Gasteiger partial charge in [-0.05, 0) is 24.1 Å². The average Bonchev–Trinajstić information content (AvgIpc) is 3.01. The van der Waals surface area contributed by atoms with Crippen molar-refractivity contribution in [2.45, 2.75) is 12.5 Å². The standard InChI is InChI=1S/C17H19NO3/c1-20-13-7-4-8-14(21-2)15(13)17(19)12-6-3-5-11-9-10-18-16(11)12/h3-8,17-19H,9-10H2,1-2H3. The van der Waals surface area contributed by atoms with Crippen LogP contribution in [0.15, 0.2) is 36.4 Å². The van der Waals surface area contributed by atoms with Gasteiger partial charge in [0.05, 0.1) is 19.8 Å². The van der Waals surface area contributed by atoms with E-state index in [1.54, 1.807) is 14.2 Å². The zero-order chi connectivity index (χ0) is 14.8. The van der Waals surface area contributed by atoms with Crippen LogP contribution in [0, 0.1) is 0 Å². The molecular formula is C17H19NO3. The highest BCUT2D eigenvalue weighted by molar-refractivity contribution is 5.64. The molecule has 4 heteroatoms. The highest BCUT2D eigenvalue weighted by Crippen LogP contribution is 2.41. The van der Waals surface area contributed by atoms with Crippen molar-refractivity contribution in [2.75, 3.05) is 26.1 Å². The third-order valence-electron chi connectivity index (χ3n) is 3.91. The molecule has 0 saturated carbocycles. The zero-order valence-corrected chi connectivity index (χ0v) is 12.2. The van der Waals surface area contributed by atoms with Crippen molar-refractivity contribution in [1.29, 1.82) is 0 Å². The largest absolute Gasteiger partial charge is 0.496 e. The third-order valence-corrected chi connectivity index (χ3v) is 3.91. The first-order chi connectivity index (χ1) is 10.3. The quantitative estimate of drug-likeness (QED) is 0.907. The van der Waals surface area contributed by atoms with Gasteiger partial charge >= 0.3 is 0 Å². The molecule has 1 aliphatic heterocycles. The lowest BCUT2D eigenvalue weighted by Gasteiger charge is -2.20. The Morgan fingerprint density at radius 1 is 1.05 bits per heavy atom. The van der Waals surface area contributed by atoms with Crippen molar-refractivity contribution in [2.24, 2.45) is 0 Å². The van der Waals surface area contributed by atoms with Crippen LogP contribution in [0.25, 0.3) is 0 Å². The number of anilines is 1. The second-order valence-corrected chi connectivity index (χ2v) is 5.04. The van der Waals surface area contributed by atoms with E-state index < -0.39 is 6.10 Å². The maximum absolute atomic E-state index is 10.9. The molecule has 0 spiro atoms. The van der Waals surface area contributed by atoms with E-state index in [0.29, 0.717) is 17.1 Å². The van der Waals surface area contributed by atoms with Gasteiger partial charge in [-0.3, -0.25) is 0 Å². The molecule has 3 rings (SSSR count). The Morgan fingerprint density at radius 2 is 1.71 bits per heavy atom. The smallest absolute Gasteiger partial charge is 0.128 e. The number of aliphatic hydroxyl groups excluding tert-OH is 1. The van der Waals surface area contributed by atoms with E-state index in [1.807, 2.05) is 30.3 Å². The molecule has 0 bridgehead atoms. The second kappa shape index (κ2) is 5.66. The molecule has 110 valence electrons. The summed E-state index contributed by atoms with van der Waals surface area (Å²) in [5.41, 5.74) is 3.77. The van der Waals surface area contributed by atoms with Gasteiger partial charge in [0.15, 0.2) is 0 Å². The summed E-state index contributed by atoms with van der Waals surface area (Å²) in [6.45, 7) is 0.905. The molecule has 2 N–H and O–H groups in total. The summed E-state index contributed by atoms with van der Waals surface area (Å²) in [5, 5.41) is 14.2. The first-order valence-corrected chi connectivity index (χ1v) is 7.01. The molecule has 2 aromatic carbocycles.